The summed E-state index contributed by atoms with van der Waals surface area (Å²) in [5.41, 5.74) is 1.20. The summed E-state index contributed by atoms with van der Waals surface area (Å²) in [5, 5.41) is 5.34. The van der Waals surface area contributed by atoms with Gasteiger partial charge in [-0.2, -0.15) is 0 Å². The minimum Gasteiger partial charge on any atom is -0.445 e. The fourth-order valence-electron chi connectivity index (χ4n) is 2.72. The van der Waals surface area contributed by atoms with Crippen LogP contribution in [0.2, 0.25) is 0 Å². The van der Waals surface area contributed by atoms with Gasteiger partial charge in [0, 0.05) is 12.0 Å². The van der Waals surface area contributed by atoms with Crippen LogP contribution in [-0.2, 0) is 16.1 Å². The van der Waals surface area contributed by atoms with Crippen LogP contribution in [0.25, 0.3) is 0 Å². The molecule has 2 amide bonds. The van der Waals surface area contributed by atoms with Crippen molar-refractivity contribution in [1.29, 1.82) is 0 Å². The Balaban J connectivity index is 1.63. The maximum atomic E-state index is 14.0. The molecule has 2 aromatic rings. The zero-order valence-corrected chi connectivity index (χ0v) is 12.9. The minimum atomic E-state index is -0.637. The predicted molar refractivity (Wildman–Crippen MR) is 85.5 cm³/mol. The highest BCUT2D eigenvalue weighted by atomic mass is 19.1. The van der Waals surface area contributed by atoms with Gasteiger partial charge >= 0.3 is 6.09 Å². The summed E-state index contributed by atoms with van der Waals surface area (Å²) in [6.07, 6.45) is -0.555. The van der Waals surface area contributed by atoms with E-state index in [1.54, 1.807) is 18.2 Å². The molecule has 1 unspecified atom stereocenters. The molecule has 1 aliphatic heterocycles. The average molecular weight is 328 g/mol. The highest BCUT2D eigenvalue weighted by Crippen LogP contribution is 2.26. The molecule has 0 bridgehead atoms. The first kappa shape index (κ1) is 16.0. The van der Waals surface area contributed by atoms with Gasteiger partial charge in [-0.05, 0) is 11.6 Å². The largest absolute Gasteiger partial charge is 0.445 e. The summed E-state index contributed by atoms with van der Waals surface area (Å²) in [7, 11) is 0. The van der Waals surface area contributed by atoms with Crippen LogP contribution in [0.5, 0.6) is 0 Å². The van der Waals surface area contributed by atoms with Crippen LogP contribution in [0.15, 0.2) is 54.6 Å². The molecular weight excluding hydrogens is 311 g/mol. The smallest absolute Gasteiger partial charge is 0.407 e. The number of halogens is 1. The van der Waals surface area contributed by atoms with Crippen LogP contribution in [-0.4, -0.2) is 18.0 Å². The Kier molecular flexibility index (Phi) is 4.74. The Labute approximate surface area is 138 Å². The molecule has 3 rings (SSSR count). The summed E-state index contributed by atoms with van der Waals surface area (Å²) in [4.78, 5) is 23.7. The monoisotopic (exact) mass is 328 g/mol. The van der Waals surface area contributed by atoms with Gasteiger partial charge in [-0.15, -0.1) is 0 Å². The van der Waals surface area contributed by atoms with E-state index in [9.17, 15) is 14.0 Å². The lowest BCUT2D eigenvalue weighted by Gasteiger charge is -2.20. The van der Waals surface area contributed by atoms with Gasteiger partial charge in [0.1, 0.15) is 12.4 Å². The molecule has 0 radical (unpaired) electrons. The van der Waals surface area contributed by atoms with E-state index in [0.29, 0.717) is 5.56 Å². The predicted octanol–water partition coefficient (Wildman–Crippen LogP) is 2.68. The van der Waals surface area contributed by atoms with Gasteiger partial charge in [-0.25, -0.2) is 9.18 Å². The number of nitrogens with one attached hydrogen (secondary N) is 2. The number of amides is 2. The fraction of sp³-hybridized carbons (Fsp3) is 0.222. The lowest BCUT2D eigenvalue weighted by atomic mass is 10.0. The second-order valence-corrected chi connectivity index (χ2v) is 5.58. The van der Waals surface area contributed by atoms with Crippen LogP contribution >= 0.6 is 0 Å². The van der Waals surface area contributed by atoms with Crippen LogP contribution in [0, 0.1) is 5.82 Å². The molecule has 0 aromatic heterocycles. The maximum absolute atomic E-state index is 14.0. The number of hydrogen-bond acceptors (Lipinski definition) is 3. The van der Waals surface area contributed by atoms with E-state index in [2.05, 4.69) is 10.6 Å². The second kappa shape index (κ2) is 7.12. The highest BCUT2D eigenvalue weighted by Gasteiger charge is 2.36. The van der Waals surface area contributed by atoms with Crippen molar-refractivity contribution in [1.82, 2.24) is 10.6 Å². The molecule has 1 heterocycles. The Morgan fingerprint density at radius 1 is 1.17 bits per heavy atom. The quantitative estimate of drug-likeness (QED) is 0.907. The van der Waals surface area contributed by atoms with Crippen molar-refractivity contribution >= 4 is 12.0 Å². The van der Waals surface area contributed by atoms with Gasteiger partial charge in [-0.3, -0.25) is 4.79 Å². The first-order valence-corrected chi connectivity index (χ1v) is 7.64. The molecule has 2 N–H and O–H groups in total. The lowest BCUT2D eigenvalue weighted by molar-refractivity contribution is -0.119. The van der Waals surface area contributed by atoms with Crippen LogP contribution in [0.3, 0.4) is 0 Å². The summed E-state index contributed by atoms with van der Waals surface area (Å²) in [6.45, 7) is 0.130. The Morgan fingerprint density at radius 2 is 1.88 bits per heavy atom. The number of carbonyl (C=O) groups excluding carboxylic acids is 2. The van der Waals surface area contributed by atoms with Crippen molar-refractivity contribution < 1.29 is 18.7 Å². The third-order valence-corrected chi connectivity index (χ3v) is 3.88. The van der Waals surface area contributed by atoms with Crippen molar-refractivity contribution in [3.63, 3.8) is 0 Å². The first-order chi connectivity index (χ1) is 11.6. The van der Waals surface area contributed by atoms with Crippen molar-refractivity contribution in [2.24, 2.45) is 0 Å². The maximum Gasteiger partial charge on any atom is 0.407 e. The third-order valence-electron chi connectivity index (χ3n) is 3.88. The molecule has 24 heavy (non-hydrogen) atoms. The van der Waals surface area contributed by atoms with Crippen molar-refractivity contribution in [2.45, 2.75) is 25.1 Å². The van der Waals surface area contributed by atoms with E-state index in [-0.39, 0.29) is 18.9 Å². The van der Waals surface area contributed by atoms with Crippen molar-refractivity contribution in [3.05, 3.63) is 71.5 Å². The normalized spacial score (nSPS) is 19.6. The third kappa shape index (κ3) is 3.71. The summed E-state index contributed by atoms with van der Waals surface area (Å²) in [5.74, 6) is -0.661. The molecule has 0 aliphatic carbocycles. The summed E-state index contributed by atoms with van der Waals surface area (Å²) >= 11 is 0. The van der Waals surface area contributed by atoms with Gasteiger partial charge in [0.15, 0.2) is 0 Å². The topological polar surface area (TPSA) is 67.4 Å². The van der Waals surface area contributed by atoms with E-state index in [1.165, 1.54) is 6.07 Å². The molecule has 6 heteroatoms. The minimum absolute atomic E-state index is 0.0828. The molecule has 0 saturated carbocycles. The molecule has 2 atom stereocenters. The fourth-order valence-corrected chi connectivity index (χ4v) is 2.72. The number of benzene rings is 2. The SMILES string of the molecule is O=C1C[C@H](NC(=O)OCc2ccccc2)C(c2ccccc2F)N1. The van der Waals surface area contributed by atoms with Crippen LogP contribution < -0.4 is 10.6 Å². The molecule has 1 saturated heterocycles. The molecule has 0 spiro atoms. The van der Waals surface area contributed by atoms with E-state index in [4.69, 9.17) is 4.74 Å². The zero-order valence-electron chi connectivity index (χ0n) is 12.9. The molecular formula is C18H17FN2O3. The summed E-state index contributed by atoms with van der Waals surface area (Å²) in [6, 6.07) is 14.3. The second-order valence-electron chi connectivity index (χ2n) is 5.58. The number of rotatable bonds is 4. The van der Waals surface area contributed by atoms with E-state index in [0.717, 1.165) is 5.56 Å². The van der Waals surface area contributed by atoms with E-state index in [1.807, 2.05) is 30.3 Å². The molecule has 2 aromatic carbocycles. The van der Waals surface area contributed by atoms with E-state index >= 15 is 0 Å². The first-order valence-electron chi connectivity index (χ1n) is 7.64. The zero-order chi connectivity index (χ0) is 16.9. The van der Waals surface area contributed by atoms with Crippen molar-refractivity contribution in [2.75, 3.05) is 0 Å². The number of ether oxygens (including phenoxy) is 1. The van der Waals surface area contributed by atoms with Gasteiger partial charge in [-0.1, -0.05) is 48.5 Å². The number of carbonyl (C=O) groups is 2. The lowest BCUT2D eigenvalue weighted by Crippen LogP contribution is -2.39. The number of hydrogen-bond donors (Lipinski definition) is 2. The van der Waals surface area contributed by atoms with Gasteiger partial charge in [0.25, 0.3) is 0 Å². The molecule has 1 fully saturated rings. The molecule has 5 nitrogen and oxygen atoms in total. The average Bonchev–Trinajstić information content (AvgIpc) is 2.94. The van der Waals surface area contributed by atoms with E-state index < -0.39 is 24.0 Å². The standard InChI is InChI=1S/C18H17FN2O3/c19-14-9-5-4-8-13(14)17-15(10-16(22)21-17)20-18(23)24-11-12-6-2-1-3-7-12/h1-9,15,17H,10-11H2,(H,20,23)(H,21,22)/t15-,17?/m0/s1. The van der Waals surface area contributed by atoms with Gasteiger partial charge < -0.3 is 15.4 Å². The summed E-state index contributed by atoms with van der Waals surface area (Å²) < 4.78 is 19.1. The Morgan fingerprint density at radius 3 is 2.62 bits per heavy atom. The van der Waals surface area contributed by atoms with Crippen LogP contribution in [0.1, 0.15) is 23.6 Å². The van der Waals surface area contributed by atoms with Gasteiger partial charge in [0.2, 0.25) is 5.91 Å². The Hall–Kier alpha value is -2.89. The van der Waals surface area contributed by atoms with Crippen LogP contribution in [0.4, 0.5) is 9.18 Å². The van der Waals surface area contributed by atoms with Crippen molar-refractivity contribution in [3.8, 4) is 0 Å². The van der Waals surface area contributed by atoms with Gasteiger partial charge in [0.05, 0.1) is 12.1 Å². The number of alkyl carbamates (subject to hydrolysis) is 1. The molecule has 124 valence electrons. The highest BCUT2D eigenvalue weighted by molar-refractivity contribution is 5.81. The Bertz CT molecular complexity index is 736. The molecule has 1 aliphatic rings.